The fraction of sp³-hybridized carbons (Fsp3) is 0.143. The van der Waals surface area contributed by atoms with Gasteiger partial charge in [-0.1, -0.05) is 23.7 Å². The Bertz CT molecular complexity index is 628. The zero-order valence-corrected chi connectivity index (χ0v) is 10.8. The Hall–Kier alpha value is -1.52. The molecule has 0 radical (unpaired) electrons. The van der Waals surface area contributed by atoms with Crippen LogP contribution in [0.3, 0.4) is 0 Å². The number of halogens is 4. The highest BCUT2D eigenvalue weighted by Gasteiger charge is 2.20. The van der Waals surface area contributed by atoms with E-state index < -0.39 is 23.5 Å². The van der Waals surface area contributed by atoms with E-state index in [0.717, 1.165) is 6.07 Å². The Balaban J connectivity index is 2.53. The van der Waals surface area contributed by atoms with E-state index in [1.54, 1.807) is 0 Å². The Morgan fingerprint density at radius 3 is 2.42 bits per heavy atom. The predicted octanol–water partition coefficient (Wildman–Crippen LogP) is 4.11. The molecule has 0 aliphatic heterocycles. The first-order valence-corrected chi connectivity index (χ1v) is 5.94. The molecular weight excluding hydrogens is 275 g/mol. The SMILES string of the molecule is Cc1cc(C(N)c2cccc(Cl)c2F)c(F)cc1F. The predicted molar refractivity (Wildman–Crippen MR) is 68.5 cm³/mol. The smallest absolute Gasteiger partial charge is 0.146 e. The van der Waals surface area contributed by atoms with Crippen molar-refractivity contribution in [2.75, 3.05) is 0 Å². The molecule has 100 valence electrons. The van der Waals surface area contributed by atoms with Gasteiger partial charge >= 0.3 is 0 Å². The van der Waals surface area contributed by atoms with Crippen molar-refractivity contribution in [2.45, 2.75) is 13.0 Å². The van der Waals surface area contributed by atoms with Crippen LogP contribution in [-0.4, -0.2) is 0 Å². The minimum absolute atomic E-state index is 0.0278. The van der Waals surface area contributed by atoms with E-state index in [4.69, 9.17) is 17.3 Å². The van der Waals surface area contributed by atoms with Gasteiger partial charge in [0, 0.05) is 17.2 Å². The highest BCUT2D eigenvalue weighted by molar-refractivity contribution is 6.30. The molecule has 2 aromatic rings. The lowest BCUT2D eigenvalue weighted by Crippen LogP contribution is -2.16. The van der Waals surface area contributed by atoms with Gasteiger partial charge in [-0.15, -0.1) is 0 Å². The summed E-state index contributed by atoms with van der Waals surface area (Å²) in [7, 11) is 0. The number of hydrogen-bond donors (Lipinski definition) is 1. The summed E-state index contributed by atoms with van der Waals surface area (Å²) in [5.41, 5.74) is 6.18. The maximum atomic E-state index is 13.8. The molecule has 1 unspecified atom stereocenters. The monoisotopic (exact) mass is 285 g/mol. The van der Waals surface area contributed by atoms with E-state index >= 15 is 0 Å². The van der Waals surface area contributed by atoms with E-state index in [2.05, 4.69) is 0 Å². The summed E-state index contributed by atoms with van der Waals surface area (Å²) in [5.74, 6) is -2.17. The van der Waals surface area contributed by atoms with Gasteiger partial charge < -0.3 is 5.73 Å². The van der Waals surface area contributed by atoms with Gasteiger partial charge in [-0.2, -0.15) is 0 Å². The van der Waals surface area contributed by atoms with Crippen molar-refractivity contribution in [3.63, 3.8) is 0 Å². The van der Waals surface area contributed by atoms with Crippen molar-refractivity contribution in [1.29, 1.82) is 0 Å². The van der Waals surface area contributed by atoms with Gasteiger partial charge in [0.25, 0.3) is 0 Å². The average molecular weight is 286 g/mol. The zero-order valence-electron chi connectivity index (χ0n) is 10.1. The molecule has 2 N–H and O–H groups in total. The van der Waals surface area contributed by atoms with Crippen molar-refractivity contribution in [3.05, 3.63) is 69.5 Å². The average Bonchev–Trinajstić information content (AvgIpc) is 2.36. The normalized spacial score (nSPS) is 12.5. The summed E-state index contributed by atoms with van der Waals surface area (Å²) in [6, 6.07) is 5.29. The number of rotatable bonds is 2. The molecule has 0 amide bonds. The van der Waals surface area contributed by atoms with E-state index in [9.17, 15) is 13.2 Å². The van der Waals surface area contributed by atoms with Crippen molar-refractivity contribution in [2.24, 2.45) is 5.73 Å². The van der Waals surface area contributed by atoms with Crippen molar-refractivity contribution in [3.8, 4) is 0 Å². The molecule has 0 aliphatic carbocycles. The molecule has 1 nitrogen and oxygen atoms in total. The van der Waals surface area contributed by atoms with Crippen molar-refractivity contribution in [1.82, 2.24) is 0 Å². The van der Waals surface area contributed by atoms with Gasteiger partial charge in [0.15, 0.2) is 0 Å². The van der Waals surface area contributed by atoms with Crippen LogP contribution in [0.5, 0.6) is 0 Å². The molecule has 1 atom stereocenters. The molecule has 0 heterocycles. The summed E-state index contributed by atoms with van der Waals surface area (Å²) in [6.45, 7) is 1.49. The second-order valence-electron chi connectivity index (χ2n) is 4.24. The van der Waals surface area contributed by atoms with Crippen LogP contribution < -0.4 is 5.73 Å². The van der Waals surface area contributed by atoms with E-state index in [-0.39, 0.29) is 21.7 Å². The summed E-state index contributed by atoms with van der Waals surface area (Å²) >= 11 is 5.66. The van der Waals surface area contributed by atoms with Gasteiger partial charge in [-0.3, -0.25) is 0 Å². The Morgan fingerprint density at radius 1 is 1.05 bits per heavy atom. The second kappa shape index (κ2) is 5.23. The third-order valence-corrected chi connectivity index (χ3v) is 3.22. The van der Waals surface area contributed by atoms with E-state index in [1.807, 2.05) is 0 Å². The van der Waals surface area contributed by atoms with E-state index in [1.165, 1.54) is 31.2 Å². The molecule has 0 fully saturated rings. The highest BCUT2D eigenvalue weighted by Crippen LogP contribution is 2.29. The highest BCUT2D eigenvalue weighted by atomic mass is 35.5. The van der Waals surface area contributed by atoms with Crippen LogP contribution in [-0.2, 0) is 0 Å². The third kappa shape index (κ3) is 2.60. The van der Waals surface area contributed by atoms with Crippen LogP contribution in [0, 0.1) is 24.4 Å². The molecule has 0 aliphatic rings. The fourth-order valence-corrected chi connectivity index (χ4v) is 2.03. The van der Waals surface area contributed by atoms with Gasteiger partial charge in [0.2, 0.25) is 0 Å². The minimum atomic E-state index is -1.04. The molecule has 0 saturated carbocycles. The maximum absolute atomic E-state index is 13.8. The largest absolute Gasteiger partial charge is 0.320 e. The van der Waals surface area contributed by atoms with Gasteiger partial charge in [-0.05, 0) is 24.6 Å². The van der Waals surface area contributed by atoms with Crippen LogP contribution in [0.1, 0.15) is 22.7 Å². The number of aryl methyl sites for hydroxylation is 1. The van der Waals surface area contributed by atoms with Crippen molar-refractivity contribution < 1.29 is 13.2 Å². The number of benzene rings is 2. The van der Waals surface area contributed by atoms with E-state index in [0.29, 0.717) is 0 Å². The first-order valence-electron chi connectivity index (χ1n) is 5.57. The van der Waals surface area contributed by atoms with Crippen LogP contribution in [0.2, 0.25) is 5.02 Å². The Morgan fingerprint density at radius 2 is 1.74 bits per heavy atom. The topological polar surface area (TPSA) is 26.0 Å². The summed E-state index contributed by atoms with van der Waals surface area (Å²) in [4.78, 5) is 0. The third-order valence-electron chi connectivity index (χ3n) is 2.93. The summed E-state index contributed by atoms with van der Waals surface area (Å²) < 4.78 is 40.8. The molecule has 5 heteroatoms. The summed E-state index contributed by atoms with van der Waals surface area (Å²) in [5, 5.41) is -0.0906. The quantitative estimate of drug-likeness (QED) is 0.883. The van der Waals surface area contributed by atoms with Crippen LogP contribution in [0.15, 0.2) is 30.3 Å². The van der Waals surface area contributed by atoms with Gasteiger partial charge in [0.1, 0.15) is 17.5 Å². The first-order chi connectivity index (χ1) is 8.91. The number of hydrogen-bond acceptors (Lipinski definition) is 1. The van der Waals surface area contributed by atoms with Crippen LogP contribution in [0.25, 0.3) is 0 Å². The molecule has 2 aromatic carbocycles. The molecule has 19 heavy (non-hydrogen) atoms. The van der Waals surface area contributed by atoms with Crippen molar-refractivity contribution >= 4 is 11.6 Å². The maximum Gasteiger partial charge on any atom is 0.146 e. The molecule has 0 saturated heterocycles. The second-order valence-corrected chi connectivity index (χ2v) is 4.65. The molecule has 0 aromatic heterocycles. The molecule has 0 spiro atoms. The molecule has 2 rings (SSSR count). The Labute approximate surface area is 113 Å². The first kappa shape index (κ1) is 13.9. The zero-order chi connectivity index (χ0) is 14.2. The number of nitrogens with two attached hydrogens (primary N) is 1. The standard InChI is InChI=1S/C14H11ClF3N/c1-7-5-9(12(17)6-11(7)16)14(19)8-3-2-4-10(15)13(8)18/h2-6,14H,19H2,1H3. The lowest BCUT2D eigenvalue weighted by Gasteiger charge is -2.16. The van der Waals surface area contributed by atoms with Gasteiger partial charge in [0.05, 0.1) is 11.1 Å². The van der Waals surface area contributed by atoms with Gasteiger partial charge in [-0.25, -0.2) is 13.2 Å². The molecule has 0 bridgehead atoms. The van der Waals surface area contributed by atoms with Crippen LogP contribution in [0.4, 0.5) is 13.2 Å². The lowest BCUT2D eigenvalue weighted by atomic mass is 9.97. The molecular formula is C14H11ClF3N. The van der Waals surface area contributed by atoms with Crippen LogP contribution >= 0.6 is 11.6 Å². The fourth-order valence-electron chi connectivity index (χ4n) is 1.85. The minimum Gasteiger partial charge on any atom is -0.320 e. The Kier molecular flexibility index (Phi) is 3.83. The lowest BCUT2D eigenvalue weighted by molar-refractivity contribution is 0.553. The summed E-state index contributed by atoms with van der Waals surface area (Å²) in [6.07, 6.45) is 0.